The predicted octanol–water partition coefficient (Wildman–Crippen LogP) is 3.77. The van der Waals surface area contributed by atoms with Gasteiger partial charge in [-0.05, 0) is 30.5 Å². The summed E-state index contributed by atoms with van der Waals surface area (Å²) in [6, 6.07) is 19.7. The topological polar surface area (TPSA) is 49.4 Å². The molecular weight excluding hydrogens is 324 g/mol. The lowest BCUT2D eigenvalue weighted by Gasteiger charge is -2.23. The quantitative estimate of drug-likeness (QED) is 0.737. The van der Waals surface area contributed by atoms with E-state index in [1.165, 1.54) is 0 Å². The summed E-state index contributed by atoms with van der Waals surface area (Å²) in [5.41, 5.74) is 1.95. The molecule has 0 saturated heterocycles. The molecule has 2 amide bonds. The summed E-state index contributed by atoms with van der Waals surface area (Å²) in [7, 11) is 0. The summed E-state index contributed by atoms with van der Waals surface area (Å²) in [6.45, 7) is 3.31. The lowest BCUT2D eigenvalue weighted by Crippen LogP contribution is -2.34. The molecule has 1 saturated carbocycles. The van der Waals surface area contributed by atoms with Crippen molar-refractivity contribution >= 4 is 17.5 Å². The number of anilines is 1. The molecule has 0 spiro atoms. The van der Waals surface area contributed by atoms with Gasteiger partial charge in [0, 0.05) is 12.2 Å². The molecule has 26 heavy (non-hydrogen) atoms. The summed E-state index contributed by atoms with van der Waals surface area (Å²) in [5, 5.41) is 2.95. The van der Waals surface area contributed by atoms with Crippen LogP contribution >= 0.6 is 0 Å². The van der Waals surface area contributed by atoms with Crippen molar-refractivity contribution in [3.8, 4) is 0 Å². The second-order valence-corrected chi connectivity index (χ2v) is 6.84. The smallest absolute Gasteiger partial charge is 0.231 e. The van der Waals surface area contributed by atoms with Crippen LogP contribution in [0, 0.1) is 11.8 Å². The molecule has 0 heterocycles. The molecule has 3 rings (SSSR count). The first-order chi connectivity index (χ1) is 12.7. The van der Waals surface area contributed by atoms with E-state index in [1.54, 1.807) is 4.90 Å². The Morgan fingerprint density at radius 2 is 1.65 bits per heavy atom. The normalized spacial score (nSPS) is 18.2. The monoisotopic (exact) mass is 350 g/mol. The molecule has 1 N–H and O–H groups in total. The van der Waals surface area contributed by atoms with Gasteiger partial charge in [-0.15, -0.1) is 0 Å². The minimum atomic E-state index is -0.208. The predicted molar refractivity (Wildman–Crippen MR) is 104 cm³/mol. The summed E-state index contributed by atoms with van der Waals surface area (Å²) in [5.74, 6) is -0.331. The largest absolute Gasteiger partial charge is 0.356 e. The van der Waals surface area contributed by atoms with Crippen LogP contribution in [0.5, 0.6) is 0 Å². The fourth-order valence-electron chi connectivity index (χ4n) is 3.15. The van der Waals surface area contributed by atoms with E-state index in [2.05, 4.69) is 12.2 Å². The first-order valence-corrected chi connectivity index (χ1v) is 9.38. The van der Waals surface area contributed by atoms with Crippen LogP contribution in [0.2, 0.25) is 0 Å². The van der Waals surface area contributed by atoms with Crippen molar-refractivity contribution < 1.29 is 9.59 Å². The van der Waals surface area contributed by atoms with Gasteiger partial charge in [-0.3, -0.25) is 9.59 Å². The van der Waals surface area contributed by atoms with Gasteiger partial charge in [0.1, 0.15) is 0 Å². The van der Waals surface area contributed by atoms with Crippen LogP contribution in [-0.4, -0.2) is 18.4 Å². The summed E-state index contributed by atoms with van der Waals surface area (Å²) in [6.07, 6.45) is 2.67. The Kier molecular flexibility index (Phi) is 6.05. The Hall–Kier alpha value is -2.62. The number of carbonyl (C=O) groups excluding carboxylic acids is 2. The third kappa shape index (κ3) is 4.51. The molecule has 2 atom stereocenters. The second kappa shape index (κ2) is 8.65. The highest BCUT2D eigenvalue weighted by Crippen LogP contribution is 2.41. The summed E-state index contributed by atoms with van der Waals surface area (Å²) < 4.78 is 0. The second-order valence-electron chi connectivity index (χ2n) is 6.84. The Morgan fingerprint density at radius 1 is 1.00 bits per heavy atom. The van der Waals surface area contributed by atoms with Crippen molar-refractivity contribution in [3.05, 3.63) is 66.2 Å². The Bertz CT molecular complexity index is 730. The molecule has 0 aromatic heterocycles. The van der Waals surface area contributed by atoms with Gasteiger partial charge in [0.05, 0.1) is 18.4 Å². The maximum absolute atomic E-state index is 13.1. The first-order valence-electron chi connectivity index (χ1n) is 9.38. The average Bonchev–Trinajstić information content (AvgIpc) is 3.48. The molecule has 0 radical (unpaired) electrons. The first kappa shape index (κ1) is 18.2. The molecule has 2 aromatic rings. The zero-order valence-electron chi connectivity index (χ0n) is 15.2. The third-order valence-electron chi connectivity index (χ3n) is 4.79. The summed E-state index contributed by atoms with van der Waals surface area (Å²) in [4.78, 5) is 27.1. The number of unbranched alkanes of at least 4 members (excludes halogenated alkanes) is 1. The van der Waals surface area contributed by atoms with Crippen molar-refractivity contribution in [1.82, 2.24) is 5.32 Å². The molecule has 4 heteroatoms. The number of nitrogens with one attached hydrogen (secondary N) is 1. The van der Waals surface area contributed by atoms with Crippen molar-refractivity contribution in [2.75, 3.05) is 11.4 Å². The van der Waals surface area contributed by atoms with Crippen molar-refractivity contribution in [2.45, 2.75) is 32.7 Å². The van der Waals surface area contributed by atoms with Gasteiger partial charge in [-0.25, -0.2) is 0 Å². The Labute approximate surface area is 155 Å². The highest BCUT2D eigenvalue weighted by Gasteiger charge is 2.49. The minimum Gasteiger partial charge on any atom is -0.356 e. The van der Waals surface area contributed by atoms with E-state index >= 15 is 0 Å². The number of rotatable bonds is 8. The number of carbonyl (C=O) groups is 2. The number of amides is 2. The van der Waals surface area contributed by atoms with Gasteiger partial charge in [0.25, 0.3) is 0 Å². The molecule has 2 unspecified atom stereocenters. The van der Waals surface area contributed by atoms with Gasteiger partial charge in [-0.2, -0.15) is 0 Å². The van der Waals surface area contributed by atoms with Crippen LogP contribution in [0.15, 0.2) is 60.7 Å². The van der Waals surface area contributed by atoms with E-state index in [-0.39, 0.29) is 23.7 Å². The zero-order valence-corrected chi connectivity index (χ0v) is 15.2. The van der Waals surface area contributed by atoms with Crippen LogP contribution < -0.4 is 10.2 Å². The molecule has 0 aliphatic heterocycles. The Morgan fingerprint density at radius 3 is 2.31 bits per heavy atom. The average molecular weight is 350 g/mol. The molecule has 1 fully saturated rings. The lowest BCUT2D eigenvalue weighted by atomic mass is 10.1. The van der Waals surface area contributed by atoms with E-state index in [0.29, 0.717) is 19.5 Å². The van der Waals surface area contributed by atoms with Crippen molar-refractivity contribution in [1.29, 1.82) is 0 Å². The number of nitrogens with zero attached hydrogens (tertiary/aromatic N) is 1. The van der Waals surface area contributed by atoms with Gasteiger partial charge >= 0.3 is 0 Å². The van der Waals surface area contributed by atoms with E-state index in [1.807, 2.05) is 60.7 Å². The maximum atomic E-state index is 13.1. The SMILES string of the molecule is CCCCNC(=O)C1CC1C(=O)N(Cc1ccccc1)c1ccccc1. The van der Waals surface area contributed by atoms with Crippen LogP contribution in [0.4, 0.5) is 5.69 Å². The van der Waals surface area contributed by atoms with Crippen LogP contribution in [0.3, 0.4) is 0 Å². The van der Waals surface area contributed by atoms with Crippen LogP contribution in [-0.2, 0) is 16.1 Å². The molecule has 1 aliphatic carbocycles. The molecule has 1 aliphatic rings. The fraction of sp³-hybridized carbons (Fsp3) is 0.364. The van der Waals surface area contributed by atoms with Gasteiger partial charge < -0.3 is 10.2 Å². The van der Waals surface area contributed by atoms with Gasteiger partial charge in [0.15, 0.2) is 0 Å². The molecule has 4 nitrogen and oxygen atoms in total. The van der Waals surface area contributed by atoms with E-state index in [9.17, 15) is 9.59 Å². The number of para-hydroxylation sites is 1. The minimum absolute atomic E-state index is 0.0181. The molecule has 2 aromatic carbocycles. The highest BCUT2D eigenvalue weighted by molar-refractivity contribution is 6.01. The molecule has 136 valence electrons. The number of hydrogen-bond donors (Lipinski definition) is 1. The number of hydrogen-bond acceptors (Lipinski definition) is 2. The van der Waals surface area contributed by atoms with Crippen LogP contribution in [0.25, 0.3) is 0 Å². The maximum Gasteiger partial charge on any atom is 0.231 e. The lowest BCUT2D eigenvalue weighted by molar-refractivity contribution is -0.126. The van der Waals surface area contributed by atoms with Gasteiger partial charge in [0.2, 0.25) is 11.8 Å². The van der Waals surface area contributed by atoms with E-state index in [4.69, 9.17) is 0 Å². The molecular formula is C22H26N2O2. The standard InChI is InChI=1S/C22H26N2O2/c1-2-3-14-23-21(25)19-15-20(19)22(26)24(18-12-8-5-9-13-18)16-17-10-6-4-7-11-17/h4-13,19-20H,2-3,14-16H2,1H3,(H,23,25). The van der Waals surface area contributed by atoms with Crippen molar-refractivity contribution in [3.63, 3.8) is 0 Å². The van der Waals surface area contributed by atoms with E-state index < -0.39 is 0 Å². The Balaban J connectivity index is 1.69. The number of benzene rings is 2. The van der Waals surface area contributed by atoms with Crippen molar-refractivity contribution in [2.24, 2.45) is 11.8 Å². The van der Waals surface area contributed by atoms with Gasteiger partial charge in [-0.1, -0.05) is 61.9 Å². The fourth-order valence-corrected chi connectivity index (χ4v) is 3.15. The highest BCUT2D eigenvalue weighted by atomic mass is 16.2. The molecule has 0 bridgehead atoms. The van der Waals surface area contributed by atoms with Crippen LogP contribution in [0.1, 0.15) is 31.7 Å². The van der Waals surface area contributed by atoms with E-state index in [0.717, 1.165) is 24.1 Å². The third-order valence-corrected chi connectivity index (χ3v) is 4.79. The summed E-state index contributed by atoms with van der Waals surface area (Å²) >= 11 is 0. The zero-order chi connectivity index (χ0) is 18.4.